The highest BCUT2D eigenvalue weighted by Gasteiger charge is 2.24. The van der Waals surface area contributed by atoms with Crippen LogP contribution in [0.4, 0.5) is 4.79 Å². The van der Waals surface area contributed by atoms with Gasteiger partial charge in [0.25, 0.3) is 0 Å². The average Bonchev–Trinajstić information content (AvgIpc) is 3.21. The van der Waals surface area contributed by atoms with Gasteiger partial charge >= 0.3 is 6.09 Å². The first-order chi connectivity index (χ1) is 13.7. The van der Waals surface area contributed by atoms with Gasteiger partial charge in [-0.25, -0.2) is 9.78 Å². The van der Waals surface area contributed by atoms with E-state index in [2.05, 4.69) is 20.6 Å². The van der Waals surface area contributed by atoms with Crippen LogP contribution in [0.15, 0.2) is 46.0 Å². The van der Waals surface area contributed by atoms with E-state index in [1.54, 1.807) is 18.2 Å². The summed E-state index contributed by atoms with van der Waals surface area (Å²) in [4.78, 5) is 22.3. The van der Waals surface area contributed by atoms with Gasteiger partial charge in [-0.3, -0.25) is 4.99 Å². The smallest absolute Gasteiger partial charge is 0.409 e. The van der Waals surface area contributed by atoms with E-state index in [4.69, 9.17) is 9.15 Å². The minimum absolute atomic E-state index is 0. The molecule has 2 N–H and O–H groups in total. The number of oxazole rings is 1. The molecule has 2 heterocycles. The number of guanidine groups is 1. The fourth-order valence-corrected chi connectivity index (χ4v) is 3.08. The highest BCUT2D eigenvalue weighted by molar-refractivity contribution is 14.0. The molecule has 9 heteroatoms. The van der Waals surface area contributed by atoms with Crippen molar-refractivity contribution in [2.24, 2.45) is 4.99 Å². The Hall–Kier alpha value is -2.30. The number of hydrogen-bond acceptors (Lipinski definition) is 5. The van der Waals surface area contributed by atoms with Gasteiger partial charge in [-0.1, -0.05) is 18.2 Å². The van der Waals surface area contributed by atoms with Crippen molar-refractivity contribution in [2.45, 2.75) is 32.4 Å². The molecular weight excluding hydrogens is 485 g/mol. The second kappa shape index (κ2) is 11.6. The largest absolute Gasteiger partial charge is 0.450 e. The van der Waals surface area contributed by atoms with E-state index in [9.17, 15) is 4.79 Å². The number of halogens is 1. The van der Waals surface area contributed by atoms with E-state index in [0.29, 0.717) is 38.1 Å². The first-order valence-electron chi connectivity index (χ1n) is 9.58. The number of aliphatic imine (C=N–C) groups is 1. The zero-order chi connectivity index (χ0) is 19.8. The summed E-state index contributed by atoms with van der Waals surface area (Å²) in [6.07, 6.45) is 3.12. The number of nitrogens with one attached hydrogen (secondary N) is 2. The summed E-state index contributed by atoms with van der Waals surface area (Å²) in [6, 6.07) is 10.1. The first kappa shape index (κ1) is 23.0. The number of aromatic nitrogens is 1. The van der Waals surface area contributed by atoms with E-state index < -0.39 is 0 Å². The maximum Gasteiger partial charge on any atom is 0.409 e. The molecule has 0 radical (unpaired) electrons. The number of likely N-dealkylation sites (tertiary alicyclic amines) is 1. The molecule has 8 nitrogen and oxygen atoms in total. The zero-order valence-corrected chi connectivity index (χ0v) is 19.1. The summed E-state index contributed by atoms with van der Waals surface area (Å²) >= 11 is 0. The predicted octanol–water partition coefficient (Wildman–Crippen LogP) is 3.25. The van der Waals surface area contributed by atoms with Crippen molar-refractivity contribution in [3.8, 4) is 11.5 Å². The van der Waals surface area contributed by atoms with Crippen LogP contribution in [-0.4, -0.2) is 54.7 Å². The van der Waals surface area contributed by atoms with Crippen LogP contribution in [0, 0.1) is 0 Å². The Balaban J connectivity index is 0.00000300. The molecule has 29 heavy (non-hydrogen) atoms. The molecule has 0 unspecified atom stereocenters. The Morgan fingerprint density at radius 1 is 1.31 bits per heavy atom. The number of carbonyl (C=O) groups is 1. The van der Waals surface area contributed by atoms with Gasteiger partial charge in [0, 0.05) is 31.7 Å². The molecule has 1 aromatic carbocycles. The molecule has 0 atom stereocenters. The van der Waals surface area contributed by atoms with Crippen molar-refractivity contribution in [1.29, 1.82) is 0 Å². The molecule has 0 spiro atoms. The number of benzene rings is 1. The molecular formula is C20H28IN5O3. The van der Waals surface area contributed by atoms with Gasteiger partial charge in [0.2, 0.25) is 5.89 Å². The molecule has 158 valence electrons. The SMILES string of the molecule is CCOC(=O)N1CCC(NC(=NC)NCc2coc(-c3ccccc3)n2)CC1.I. The van der Waals surface area contributed by atoms with Crippen molar-refractivity contribution >= 4 is 36.0 Å². The predicted molar refractivity (Wildman–Crippen MR) is 122 cm³/mol. The molecule has 2 aromatic rings. The Kier molecular flexibility index (Phi) is 9.23. The van der Waals surface area contributed by atoms with E-state index in [1.165, 1.54) is 0 Å². The summed E-state index contributed by atoms with van der Waals surface area (Å²) in [7, 11) is 1.74. The number of ether oxygens (including phenoxy) is 1. The molecule has 0 aliphatic carbocycles. The maximum absolute atomic E-state index is 11.8. The molecule has 0 saturated carbocycles. The zero-order valence-electron chi connectivity index (χ0n) is 16.8. The van der Waals surface area contributed by atoms with Crippen molar-refractivity contribution in [3.63, 3.8) is 0 Å². The molecule has 1 amide bonds. The molecule has 1 aliphatic heterocycles. The summed E-state index contributed by atoms with van der Waals surface area (Å²) in [6.45, 7) is 4.09. The topological polar surface area (TPSA) is 92.0 Å². The van der Waals surface area contributed by atoms with Crippen LogP contribution in [0.3, 0.4) is 0 Å². The van der Waals surface area contributed by atoms with Gasteiger partial charge in [0.05, 0.1) is 18.8 Å². The monoisotopic (exact) mass is 513 g/mol. The fourth-order valence-electron chi connectivity index (χ4n) is 3.08. The highest BCUT2D eigenvalue weighted by atomic mass is 127. The van der Waals surface area contributed by atoms with E-state index in [-0.39, 0.29) is 36.1 Å². The van der Waals surface area contributed by atoms with E-state index in [0.717, 1.165) is 24.1 Å². The number of nitrogens with zero attached hydrogens (tertiary/aromatic N) is 3. The summed E-state index contributed by atoms with van der Waals surface area (Å²) in [5.41, 5.74) is 1.75. The van der Waals surface area contributed by atoms with Crippen molar-refractivity contribution in [3.05, 3.63) is 42.3 Å². The van der Waals surface area contributed by atoms with Crippen LogP contribution >= 0.6 is 24.0 Å². The lowest BCUT2D eigenvalue weighted by Crippen LogP contribution is -2.49. The molecule has 1 aromatic heterocycles. The molecule has 1 fully saturated rings. The number of piperidine rings is 1. The Morgan fingerprint density at radius 3 is 2.69 bits per heavy atom. The van der Waals surface area contributed by atoms with Gasteiger partial charge in [-0.05, 0) is 31.9 Å². The second-order valence-corrected chi connectivity index (χ2v) is 6.54. The lowest BCUT2D eigenvalue weighted by molar-refractivity contribution is 0.0963. The normalized spacial score (nSPS) is 14.8. The lowest BCUT2D eigenvalue weighted by Gasteiger charge is -2.32. The van der Waals surface area contributed by atoms with Crippen LogP contribution in [0.5, 0.6) is 0 Å². The highest BCUT2D eigenvalue weighted by Crippen LogP contribution is 2.17. The van der Waals surface area contributed by atoms with Crippen molar-refractivity contribution < 1.29 is 13.9 Å². The third-order valence-corrected chi connectivity index (χ3v) is 4.59. The van der Waals surface area contributed by atoms with Crippen LogP contribution in [0.25, 0.3) is 11.5 Å². The lowest BCUT2D eigenvalue weighted by atomic mass is 10.1. The molecule has 1 aliphatic rings. The standard InChI is InChI=1S/C20H27N5O3.HI/c1-3-27-20(26)25-11-9-16(10-12-25)24-19(21-2)22-13-17-14-28-18(23-17)15-7-5-4-6-8-15;/h4-8,14,16H,3,9-13H2,1-2H3,(H2,21,22,24);1H. The van der Waals surface area contributed by atoms with Gasteiger partial charge < -0.3 is 24.7 Å². The van der Waals surface area contributed by atoms with Crippen molar-refractivity contribution in [1.82, 2.24) is 20.5 Å². The number of hydrogen-bond donors (Lipinski definition) is 2. The van der Waals surface area contributed by atoms with E-state index >= 15 is 0 Å². The summed E-state index contributed by atoms with van der Waals surface area (Å²) in [5.74, 6) is 1.31. The molecule has 3 rings (SSSR count). The van der Waals surface area contributed by atoms with Crippen molar-refractivity contribution in [2.75, 3.05) is 26.7 Å². The third kappa shape index (κ3) is 6.62. The van der Waals surface area contributed by atoms with E-state index in [1.807, 2.05) is 37.3 Å². The molecule has 1 saturated heterocycles. The van der Waals surface area contributed by atoms with Crippen LogP contribution in [-0.2, 0) is 11.3 Å². The average molecular weight is 513 g/mol. The quantitative estimate of drug-likeness (QED) is 0.363. The van der Waals surface area contributed by atoms with Gasteiger partial charge in [0.15, 0.2) is 5.96 Å². The number of amides is 1. The molecule has 0 bridgehead atoms. The van der Waals surface area contributed by atoms with Crippen LogP contribution in [0.1, 0.15) is 25.5 Å². The Morgan fingerprint density at radius 2 is 2.03 bits per heavy atom. The Labute approximate surface area is 188 Å². The van der Waals surface area contributed by atoms with Gasteiger partial charge in [-0.15, -0.1) is 24.0 Å². The van der Waals surface area contributed by atoms with Gasteiger partial charge in [0.1, 0.15) is 6.26 Å². The maximum atomic E-state index is 11.8. The second-order valence-electron chi connectivity index (χ2n) is 6.54. The van der Waals surface area contributed by atoms with Crippen LogP contribution in [0.2, 0.25) is 0 Å². The summed E-state index contributed by atoms with van der Waals surface area (Å²) in [5, 5.41) is 6.67. The van der Waals surface area contributed by atoms with Crippen LogP contribution < -0.4 is 10.6 Å². The Bertz CT molecular complexity index is 788. The number of rotatable bonds is 5. The first-order valence-corrected chi connectivity index (χ1v) is 9.58. The fraction of sp³-hybridized carbons (Fsp3) is 0.450. The number of carbonyl (C=O) groups excluding carboxylic acids is 1. The summed E-state index contributed by atoms with van der Waals surface area (Å²) < 4.78 is 10.6. The third-order valence-electron chi connectivity index (χ3n) is 4.59. The minimum atomic E-state index is -0.233. The van der Waals surface area contributed by atoms with Gasteiger partial charge in [-0.2, -0.15) is 0 Å². The minimum Gasteiger partial charge on any atom is -0.450 e.